The lowest BCUT2D eigenvalue weighted by Crippen LogP contribution is -2.60. The number of imidazole rings is 1. The summed E-state index contributed by atoms with van der Waals surface area (Å²) < 4.78 is 0. The highest BCUT2D eigenvalue weighted by Crippen LogP contribution is 2.06. The first kappa shape index (κ1) is 29.5. The fourth-order valence-corrected chi connectivity index (χ4v) is 3.06. The van der Waals surface area contributed by atoms with Crippen molar-refractivity contribution in [2.45, 2.75) is 69.3 Å². The summed E-state index contributed by atoms with van der Waals surface area (Å²) in [6.07, 6.45) is 1.65. The van der Waals surface area contributed by atoms with Gasteiger partial charge in [-0.15, -0.1) is 0 Å². The summed E-state index contributed by atoms with van der Waals surface area (Å²) in [4.78, 5) is 66.9. The van der Waals surface area contributed by atoms with Crippen LogP contribution in [0.3, 0.4) is 0 Å². The van der Waals surface area contributed by atoms with Gasteiger partial charge in [-0.3, -0.25) is 19.2 Å². The third-order valence-corrected chi connectivity index (χ3v) is 4.97. The lowest BCUT2D eigenvalue weighted by Gasteiger charge is -2.26. The van der Waals surface area contributed by atoms with Crippen molar-refractivity contribution >= 4 is 29.7 Å². The highest BCUT2D eigenvalue weighted by molar-refractivity contribution is 5.95. The van der Waals surface area contributed by atoms with Gasteiger partial charge >= 0.3 is 11.9 Å². The first-order valence-corrected chi connectivity index (χ1v) is 10.9. The van der Waals surface area contributed by atoms with Crippen LogP contribution in [-0.2, 0) is 30.4 Å². The molecule has 0 fully saturated rings. The van der Waals surface area contributed by atoms with Crippen molar-refractivity contribution in [3.05, 3.63) is 18.2 Å². The number of aromatic nitrogens is 2. The molecular weight excluding hydrogens is 466 g/mol. The smallest absolute Gasteiger partial charge is 0.326 e. The maximum atomic E-state index is 12.9. The number of nitrogens with two attached hydrogens (primary N) is 2. The standard InChI is InChI=1S/C20H33N7O8/c1-10(28)16(27-17(31)12(22)7-15(29)30)19(33)26-14(6-11-8-23-9-24-11)18(32)25-13(20(34)35)4-2-3-5-21/h8-10,12-14,16,28H,2-7,21-22H2,1H3,(H,23,24)(H,25,32)(H,26,33)(H,27,31)(H,29,30)(H,34,35). The molecule has 15 heteroatoms. The van der Waals surface area contributed by atoms with Crippen LogP contribution in [0.15, 0.2) is 12.5 Å². The Morgan fingerprint density at radius 2 is 1.69 bits per heavy atom. The van der Waals surface area contributed by atoms with Gasteiger partial charge in [0.1, 0.15) is 18.1 Å². The van der Waals surface area contributed by atoms with Crippen LogP contribution in [0.1, 0.15) is 38.3 Å². The van der Waals surface area contributed by atoms with Crippen LogP contribution in [0, 0.1) is 0 Å². The van der Waals surface area contributed by atoms with E-state index in [-0.39, 0.29) is 12.8 Å². The van der Waals surface area contributed by atoms with Crippen molar-refractivity contribution in [1.29, 1.82) is 0 Å². The molecule has 0 spiro atoms. The van der Waals surface area contributed by atoms with Gasteiger partial charge in [0.05, 0.1) is 24.9 Å². The second kappa shape index (κ2) is 14.6. The number of aliphatic hydroxyl groups excluding tert-OH is 1. The van der Waals surface area contributed by atoms with Crippen molar-refractivity contribution in [2.75, 3.05) is 6.54 Å². The van der Waals surface area contributed by atoms with Crippen molar-refractivity contribution < 1.29 is 39.3 Å². The Morgan fingerprint density at radius 3 is 2.20 bits per heavy atom. The van der Waals surface area contributed by atoms with Gasteiger partial charge in [-0.1, -0.05) is 0 Å². The van der Waals surface area contributed by atoms with Gasteiger partial charge in [0.15, 0.2) is 0 Å². The van der Waals surface area contributed by atoms with Crippen molar-refractivity contribution in [1.82, 2.24) is 25.9 Å². The number of amides is 3. The number of hydrogen-bond acceptors (Lipinski definition) is 9. The monoisotopic (exact) mass is 499 g/mol. The number of carbonyl (C=O) groups excluding carboxylic acids is 3. The molecule has 11 N–H and O–H groups in total. The zero-order chi connectivity index (χ0) is 26.5. The van der Waals surface area contributed by atoms with Crippen LogP contribution in [0.2, 0.25) is 0 Å². The number of carboxylic acid groups (broad SMARTS) is 2. The number of carbonyl (C=O) groups is 5. The molecule has 1 heterocycles. The van der Waals surface area contributed by atoms with E-state index in [0.717, 1.165) is 0 Å². The number of carboxylic acids is 2. The molecule has 0 aromatic carbocycles. The first-order valence-electron chi connectivity index (χ1n) is 10.9. The fourth-order valence-electron chi connectivity index (χ4n) is 3.06. The number of unbranched alkanes of at least 4 members (excludes halogenated alkanes) is 1. The number of nitrogens with zero attached hydrogens (tertiary/aromatic N) is 1. The first-order chi connectivity index (χ1) is 16.5. The van der Waals surface area contributed by atoms with E-state index >= 15 is 0 Å². The molecule has 1 rings (SSSR count). The molecule has 5 unspecified atom stereocenters. The van der Waals surface area contributed by atoms with Gasteiger partial charge in [-0.2, -0.15) is 0 Å². The Kier molecular flexibility index (Phi) is 12.3. The summed E-state index contributed by atoms with van der Waals surface area (Å²) in [5.74, 6) is -5.37. The van der Waals surface area contributed by atoms with Crippen LogP contribution < -0.4 is 27.4 Å². The van der Waals surface area contributed by atoms with E-state index in [1.54, 1.807) is 0 Å². The molecule has 1 aromatic heterocycles. The van der Waals surface area contributed by atoms with Crippen LogP contribution in [0.5, 0.6) is 0 Å². The number of aliphatic hydroxyl groups is 1. The summed E-state index contributed by atoms with van der Waals surface area (Å²) in [5.41, 5.74) is 11.4. The van der Waals surface area contributed by atoms with E-state index in [1.807, 2.05) is 0 Å². The van der Waals surface area contributed by atoms with Crippen LogP contribution >= 0.6 is 0 Å². The molecule has 0 radical (unpaired) electrons. The van der Waals surface area contributed by atoms with Crippen molar-refractivity contribution in [3.63, 3.8) is 0 Å². The number of hydrogen-bond donors (Lipinski definition) is 9. The summed E-state index contributed by atoms with van der Waals surface area (Å²) in [5, 5.41) is 35.2. The van der Waals surface area contributed by atoms with E-state index in [2.05, 4.69) is 25.9 Å². The van der Waals surface area contributed by atoms with E-state index in [0.29, 0.717) is 25.1 Å². The number of rotatable bonds is 16. The zero-order valence-corrected chi connectivity index (χ0v) is 19.3. The number of aliphatic carboxylic acids is 2. The Balaban J connectivity index is 3.00. The van der Waals surface area contributed by atoms with E-state index in [1.165, 1.54) is 19.4 Å². The molecule has 35 heavy (non-hydrogen) atoms. The highest BCUT2D eigenvalue weighted by Gasteiger charge is 2.33. The third kappa shape index (κ3) is 10.5. The molecule has 0 aliphatic carbocycles. The molecule has 1 aromatic rings. The Bertz CT molecular complexity index is 862. The summed E-state index contributed by atoms with van der Waals surface area (Å²) in [7, 11) is 0. The maximum Gasteiger partial charge on any atom is 0.326 e. The maximum absolute atomic E-state index is 12.9. The van der Waals surface area contributed by atoms with E-state index < -0.39 is 66.4 Å². The molecule has 0 bridgehead atoms. The van der Waals surface area contributed by atoms with Crippen LogP contribution in [0.4, 0.5) is 0 Å². The van der Waals surface area contributed by atoms with Gasteiger partial charge in [0.25, 0.3) is 0 Å². The minimum absolute atomic E-state index is 0.105. The predicted octanol–water partition coefficient (Wildman–Crippen LogP) is -3.20. The van der Waals surface area contributed by atoms with E-state index in [9.17, 15) is 34.2 Å². The van der Waals surface area contributed by atoms with Crippen LogP contribution in [0.25, 0.3) is 0 Å². The second-order valence-corrected chi connectivity index (χ2v) is 7.96. The number of aromatic amines is 1. The van der Waals surface area contributed by atoms with Gasteiger partial charge in [0.2, 0.25) is 17.7 Å². The molecular formula is C20H33N7O8. The average Bonchev–Trinajstić information content (AvgIpc) is 3.28. The molecule has 5 atom stereocenters. The Morgan fingerprint density at radius 1 is 1.03 bits per heavy atom. The normalized spacial score (nSPS) is 15.2. The van der Waals surface area contributed by atoms with Gasteiger partial charge in [0, 0.05) is 18.3 Å². The molecule has 0 saturated carbocycles. The largest absolute Gasteiger partial charge is 0.481 e. The lowest BCUT2D eigenvalue weighted by molar-refractivity contribution is -0.142. The number of nitrogens with one attached hydrogen (secondary N) is 4. The van der Waals surface area contributed by atoms with Gasteiger partial charge < -0.3 is 47.7 Å². The molecule has 196 valence electrons. The SMILES string of the molecule is CC(O)C(NC(=O)C(N)CC(=O)O)C(=O)NC(Cc1cnc[nH]1)C(=O)NC(CCCCN)C(=O)O. The average molecular weight is 500 g/mol. The van der Waals surface area contributed by atoms with Crippen molar-refractivity contribution in [2.24, 2.45) is 11.5 Å². The zero-order valence-electron chi connectivity index (χ0n) is 19.3. The number of H-pyrrole nitrogens is 1. The molecule has 0 aliphatic heterocycles. The fraction of sp³-hybridized carbons (Fsp3) is 0.600. The summed E-state index contributed by atoms with van der Waals surface area (Å²) in [6.45, 7) is 1.57. The van der Waals surface area contributed by atoms with Gasteiger partial charge in [-0.25, -0.2) is 9.78 Å². The van der Waals surface area contributed by atoms with Crippen molar-refractivity contribution in [3.8, 4) is 0 Å². The van der Waals surface area contributed by atoms with Gasteiger partial charge in [-0.05, 0) is 32.7 Å². The highest BCUT2D eigenvalue weighted by atomic mass is 16.4. The Hall–Kier alpha value is -3.56. The predicted molar refractivity (Wildman–Crippen MR) is 121 cm³/mol. The Labute approximate surface area is 201 Å². The second-order valence-electron chi connectivity index (χ2n) is 7.96. The quantitative estimate of drug-likeness (QED) is 0.102. The molecule has 0 saturated heterocycles. The minimum Gasteiger partial charge on any atom is -0.481 e. The summed E-state index contributed by atoms with van der Waals surface area (Å²) >= 11 is 0. The molecule has 0 aliphatic rings. The third-order valence-electron chi connectivity index (χ3n) is 4.97. The minimum atomic E-state index is -1.57. The lowest BCUT2D eigenvalue weighted by atomic mass is 10.1. The van der Waals surface area contributed by atoms with Crippen LogP contribution in [-0.4, -0.2) is 91.8 Å². The summed E-state index contributed by atoms with van der Waals surface area (Å²) in [6, 6.07) is -5.57. The molecule has 3 amide bonds. The molecule has 15 nitrogen and oxygen atoms in total. The topological polar surface area (TPSA) is 263 Å². The van der Waals surface area contributed by atoms with E-state index in [4.69, 9.17) is 16.6 Å².